The fourth-order valence-corrected chi connectivity index (χ4v) is 2.05. The molecule has 0 spiro atoms. The molecule has 0 saturated carbocycles. The van der Waals surface area contributed by atoms with Crippen molar-refractivity contribution in [2.45, 2.75) is 37.8 Å². The normalized spacial score (nSPS) is 12.5. The molecule has 0 unspecified atom stereocenters. The minimum atomic E-state index is -1.07. The molecule has 26 heavy (non-hydrogen) atoms. The Morgan fingerprint density at radius 3 is 2.35 bits per heavy atom. The number of carbonyl (C=O) groups excluding carboxylic acids is 3. The number of nitrogens with one attached hydrogen (secondary N) is 2. The smallest absolute Gasteiger partial charge is 0.303 e. The van der Waals surface area contributed by atoms with Crippen LogP contribution in [0.4, 0.5) is 0 Å². The summed E-state index contributed by atoms with van der Waals surface area (Å²) in [6.45, 7) is -0.112. The van der Waals surface area contributed by atoms with Crippen LogP contribution in [0.5, 0.6) is 0 Å². The van der Waals surface area contributed by atoms with Crippen LogP contribution >= 0.6 is 11.6 Å². The van der Waals surface area contributed by atoms with Crippen LogP contribution in [0.3, 0.4) is 0 Å². The number of halogens is 1. The fraction of sp³-hybridized carbons (Fsp3) is 0.643. The topological polar surface area (TPSA) is 203 Å². The molecule has 9 N–H and O–H groups in total. The first-order chi connectivity index (χ1) is 12.2. The van der Waals surface area contributed by atoms with Crippen molar-refractivity contribution in [3.63, 3.8) is 0 Å². The SMILES string of the molecule is NC(N)=NCCC[C@@H](NC(=O)CNC(=O)[C@H](N)CCC(=O)O)C(=O)CCl. The molecule has 148 valence electrons. The molecule has 0 aliphatic carbocycles. The van der Waals surface area contributed by atoms with Crippen molar-refractivity contribution in [1.82, 2.24) is 10.6 Å². The molecule has 0 bridgehead atoms. The average Bonchev–Trinajstić information content (AvgIpc) is 2.58. The van der Waals surface area contributed by atoms with Gasteiger partial charge >= 0.3 is 5.97 Å². The summed E-state index contributed by atoms with van der Waals surface area (Å²) in [5, 5.41) is 13.3. The number of nitrogens with zero attached hydrogens (tertiary/aromatic N) is 1. The van der Waals surface area contributed by atoms with E-state index in [0.717, 1.165) is 0 Å². The molecule has 11 nitrogen and oxygen atoms in total. The highest BCUT2D eigenvalue weighted by Crippen LogP contribution is 2.01. The zero-order valence-corrected chi connectivity index (χ0v) is 15.0. The van der Waals surface area contributed by atoms with Gasteiger partial charge in [-0.1, -0.05) is 0 Å². The Morgan fingerprint density at radius 1 is 1.15 bits per heavy atom. The number of guanidine groups is 1. The van der Waals surface area contributed by atoms with Crippen LogP contribution < -0.4 is 27.8 Å². The number of rotatable bonds is 13. The molecule has 0 aromatic carbocycles. The van der Waals surface area contributed by atoms with Gasteiger partial charge in [-0.25, -0.2) is 0 Å². The maximum Gasteiger partial charge on any atom is 0.303 e. The molecular formula is C14H25ClN6O5. The van der Waals surface area contributed by atoms with Crippen LogP contribution in [-0.4, -0.2) is 65.7 Å². The van der Waals surface area contributed by atoms with Gasteiger partial charge in [0.15, 0.2) is 11.7 Å². The monoisotopic (exact) mass is 392 g/mol. The Bertz CT molecular complexity index is 538. The van der Waals surface area contributed by atoms with Gasteiger partial charge in [-0.2, -0.15) is 0 Å². The Kier molecular flexibility index (Phi) is 11.7. The maximum atomic E-state index is 11.9. The fourth-order valence-electron chi connectivity index (χ4n) is 1.86. The Morgan fingerprint density at radius 2 is 1.81 bits per heavy atom. The molecule has 0 radical (unpaired) electrons. The molecule has 0 aliphatic rings. The first-order valence-electron chi connectivity index (χ1n) is 7.85. The number of aliphatic carboxylic acids is 1. The zero-order chi connectivity index (χ0) is 20.1. The van der Waals surface area contributed by atoms with Gasteiger partial charge in [0.1, 0.15) is 0 Å². The molecule has 0 rings (SSSR count). The molecule has 0 aromatic heterocycles. The third-order valence-electron chi connectivity index (χ3n) is 3.23. The highest BCUT2D eigenvalue weighted by molar-refractivity contribution is 6.28. The molecule has 0 heterocycles. The van der Waals surface area contributed by atoms with Crippen LogP contribution in [-0.2, 0) is 19.2 Å². The van der Waals surface area contributed by atoms with E-state index in [1.165, 1.54) is 0 Å². The van der Waals surface area contributed by atoms with Crippen molar-refractivity contribution >= 4 is 41.1 Å². The van der Waals surface area contributed by atoms with Gasteiger partial charge in [0.05, 0.1) is 24.5 Å². The predicted molar refractivity (Wildman–Crippen MR) is 95.4 cm³/mol. The summed E-state index contributed by atoms with van der Waals surface area (Å²) in [5.74, 6) is -3.07. The number of nitrogens with two attached hydrogens (primary N) is 3. The predicted octanol–water partition coefficient (Wildman–Crippen LogP) is -2.36. The summed E-state index contributed by atoms with van der Waals surface area (Å²) >= 11 is 5.52. The number of alkyl halides is 1. The largest absolute Gasteiger partial charge is 0.481 e. The first-order valence-corrected chi connectivity index (χ1v) is 8.39. The lowest BCUT2D eigenvalue weighted by Crippen LogP contribution is -2.48. The third kappa shape index (κ3) is 11.2. The van der Waals surface area contributed by atoms with Crippen molar-refractivity contribution in [3.05, 3.63) is 0 Å². The summed E-state index contributed by atoms with van der Waals surface area (Å²) in [5.41, 5.74) is 15.9. The van der Waals surface area contributed by atoms with Crippen LogP contribution in [0.15, 0.2) is 4.99 Å². The number of carboxylic acids is 1. The van der Waals surface area contributed by atoms with E-state index in [1.54, 1.807) is 0 Å². The molecule has 2 amide bonds. The van der Waals surface area contributed by atoms with Gasteiger partial charge in [-0.15, -0.1) is 11.6 Å². The standard InChI is InChI=1S/C14H25ClN6O5/c15-6-10(22)9(2-1-5-19-14(17)18)21-11(23)7-20-13(26)8(16)3-4-12(24)25/h8-9H,1-7,16H2,(H,20,26)(H,21,23)(H,24,25)(H4,17,18,19)/t8-,9-/m1/s1. The number of ketones is 1. The first kappa shape index (κ1) is 23.6. The van der Waals surface area contributed by atoms with Crippen molar-refractivity contribution < 1.29 is 24.3 Å². The van der Waals surface area contributed by atoms with E-state index in [9.17, 15) is 19.2 Å². The van der Waals surface area contributed by atoms with E-state index in [2.05, 4.69) is 15.6 Å². The Labute approximate surface area is 155 Å². The number of hydrogen-bond acceptors (Lipinski definition) is 6. The van der Waals surface area contributed by atoms with E-state index >= 15 is 0 Å². The Balaban J connectivity index is 4.38. The van der Waals surface area contributed by atoms with E-state index in [-0.39, 0.29) is 36.9 Å². The number of amides is 2. The minimum absolute atomic E-state index is 0.0546. The molecule has 0 aromatic rings. The van der Waals surface area contributed by atoms with Gasteiger partial charge in [-0.3, -0.25) is 24.2 Å². The quantitative estimate of drug-likeness (QED) is 0.0863. The molecule has 0 fully saturated rings. The number of carbonyl (C=O) groups is 4. The van der Waals surface area contributed by atoms with Gasteiger partial charge in [0.2, 0.25) is 11.8 Å². The van der Waals surface area contributed by atoms with Gasteiger partial charge < -0.3 is 32.9 Å². The van der Waals surface area contributed by atoms with Crippen molar-refractivity contribution in [3.8, 4) is 0 Å². The second kappa shape index (κ2) is 12.9. The van der Waals surface area contributed by atoms with Gasteiger partial charge in [-0.05, 0) is 19.3 Å². The van der Waals surface area contributed by atoms with Crippen LogP contribution in [0.2, 0.25) is 0 Å². The summed E-state index contributed by atoms with van der Waals surface area (Å²) in [6.07, 6.45) is 0.405. The summed E-state index contributed by atoms with van der Waals surface area (Å²) in [4.78, 5) is 49.5. The van der Waals surface area contributed by atoms with E-state index in [0.29, 0.717) is 13.0 Å². The number of carboxylic acid groups (broad SMARTS) is 1. The lowest BCUT2D eigenvalue weighted by atomic mass is 10.1. The lowest BCUT2D eigenvalue weighted by Gasteiger charge is -2.17. The van der Waals surface area contributed by atoms with Crippen LogP contribution in [0, 0.1) is 0 Å². The summed E-state index contributed by atoms with van der Waals surface area (Å²) < 4.78 is 0. The Hall–Kier alpha value is -2.40. The minimum Gasteiger partial charge on any atom is -0.481 e. The molecule has 12 heteroatoms. The molecule has 0 saturated heterocycles. The van der Waals surface area contributed by atoms with E-state index in [4.69, 9.17) is 33.9 Å². The second-order valence-corrected chi connectivity index (χ2v) is 5.69. The van der Waals surface area contributed by atoms with Crippen molar-refractivity contribution in [1.29, 1.82) is 0 Å². The van der Waals surface area contributed by atoms with Crippen LogP contribution in [0.25, 0.3) is 0 Å². The number of Topliss-reactive ketones (excluding diaryl/α,β-unsaturated/α-hetero) is 1. The maximum absolute atomic E-state index is 11.9. The molecule has 2 atom stereocenters. The highest BCUT2D eigenvalue weighted by atomic mass is 35.5. The number of hydrogen-bond donors (Lipinski definition) is 6. The zero-order valence-electron chi connectivity index (χ0n) is 14.2. The third-order valence-corrected chi connectivity index (χ3v) is 3.49. The van der Waals surface area contributed by atoms with Crippen molar-refractivity contribution in [2.75, 3.05) is 19.0 Å². The highest BCUT2D eigenvalue weighted by Gasteiger charge is 2.21. The van der Waals surface area contributed by atoms with Crippen molar-refractivity contribution in [2.24, 2.45) is 22.2 Å². The lowest BCUT2D eigenvalue weighted by molar-refractivity contribution is -0.137. The van der Waals surface area contributed by atoms with E-state index in [1.807, 2.05) is 0 Å². The summed E-state index contributed by atoms with van der Waals surface area (Å²) in [6, 6.07) is -1.87. The van der Waals surface area contributed by atoms with Crippen LogP contribution in [0.1, 0.15) is 25.7 Å². The average molecular weight is 393 g/mol. The number of aliphatic imine (C=N–C) groups is 1. The molecule has 0 aliphatic heterocycles. The van der Waals surface area contributed by atoms with E-state index < -0.39 is 36.4 Å². The van der Waals surface area contributed by atoms with Gasteiger partial charge in [0, 0.05) is 13.0 Å². The van der Waals surface area contributed by atoms with Gasteiger partial charge in [0.25, 0.3) is 0 Å². The summed E-state index contributed by atoms with van der Waals surface area (Å²) in [7, 11) is 0. The second-order valence-electron chi connectivity index (χ2n) is 5.43. The molecular weight excluding hydrogens is 368 g/mol.